The Balaban J connectivity index is 1.32. The summed E-state index contributed by atoms with van der Waals surface area (Å²) in [7, 11) is 1.52. The van der Waals surface area contributed by atoms with Gasteiger partial charge in [0.05, 0.1) is 25.5 Å². The van der Waals surface area contributed by atoms with Gasteiger partial charge in [-0.25, -0.2) is 5.48 Å². The van der Waals surface area contributed by atoms with Crippen LogP contribution in [0.4, 0.5) is 5.82 Å². The molecule has 0 saturated heterocycles. The molecule has 4 rings (SSSR count). The van der Waals surface area contributed by atoms with Crippen LogP contribution in [0.5, 0.6) is 5.75 Å². The molecule has 1 aliphatic carbocycles. The molecule has 1 aliphatic rings. The summed E-state index contributed by atoms with van der Waals surface area (Å²) in [4.78, 5) is 4.81. The zero-order valence-corrected chi connectivity index (χ0v) is 14.6. The molecule has 2 aromatic heterocycles. The molecular weight excluding hydrogens is 330 g/mol. The van der Waals surface area contributed by atoms with Crippen molar-refractivity contribution < 1.29 is 9.57 Å². The number of nitrogens with one attached hydrogen (secondary N) is 1. The Hall–Kier alpha value is -2.93. The van der Waals surface area contributed by atoms with E-state index in [0.717, 1.165) is 12.1 Å². The lowest BCUT2D eigenvalue weighted by Gasteiger charge is -2.08. The van der Waals surface area contributed by atoms with E-state index in [1.165, 1.54) is 31.2 Å². The fourth-order valence-corrected chi connectivity index (χ4v) is 2.74. The van der Waals surface area contributed by atoms with Gasteiger partial charge in [-0.1, -0.05) is 24.3 Å². The van der Waals surface area contributed by atoms with E-state index < -0.39 is 0 Å². The van der Waals surface area contributed by atoms with E-state index in [9.17, 15) is 0 Å². The van der Waals surface area contributed by atoms with Gasteiger partial charge < -0.3 is 4.74 Å². The summed E-state index contributed by atoms with van der Waals surface area (Å²) in [6.45, 7) is 1.25. The summed E-state index contributed by atoms with van der Waals surface area (Å²) in [5, 5.41) is 12.4. The first-order chi connectivity index (χ1) is 12.8. The minimum Gasteiger partial charge on any atom is -0.487 e. The van der Waals surface area contributed by atoms with E-state index in [-0.39, 0.29) is 0 Å². The predicted molar refractivity (Wildman–Crippen MR) is 96.7 cm³/mol. The monoisotopic (exact) mass is 351 g/mol. The van der Waals surface area contributed by atoms with E-state index in [1.807, 2.05) is 4.68 Å². The normalized spacial score (nSPS) is 13.6. The predicted octanol–water partition coefficient (Wildman–Crippen LogP) is 3.15. The quantitative estimate of drug-likeness (QED) is 0.629. The van der Waals surface area contributed by atoms with Crippen LogP contribution in [0.3, 0.4) is 0 Å². The van der Waals surface area contributed by atoms with Gasteiger partial charge in [-0.15, -0.1) is 5.10 Å². The first kappa shape index (κ1) is 16.5. The van der Waals surface area contributed by atoms with Gasteiger partial charge in [0.25, 0.3) is 0 Å². The summed E-state index contributed by atoms with van der Waals surface area (Å²) in [5.41, 5.74) is 6.16. The molecule has 134 valence electrons. The van der Waals surface area contributed by atoms with E-state index in [2.05, 4.69) is 57.3 Å². The Morgan fingerprint density at radius 2 is 1.96 bits per heavy atom. The van der Waals surface area contributed by atoms with Crippen LogP contribution < -0.4 is 10.2 Å². The lowest BCUT2D eigenvalue weighted by Crippen LogP contribution is -2.03. The molecule has 7 nitrogen and oxygen atoms in total. The van der Waals surface area contributed by atoms with Crippen molar-refractivity contribution in [3.63, 3.8) is 0 Å². The number of benzene rings is 1. The lowest BCUT2D eigenvalue weighted by atomic mass is 10.1. The molecule has 7 heteroatoms. The molecular formula is C19H21N5O2. The van der Waals surface area contributed by atoms with Crippen LogP contribution in [-0.2, 0) is 18.0 Å². The van der Waals surface area contributed by atoms with Crippen molar-refractivity contribution in [2.45, 2.75) is 31.9 Å². The molecule has 0 amide bonds. The molecule has 0 unspecified atom stereocenters. The van der Waals surface area contributed by atoms with Crippen molar-refractivity contribution in [2.75, 3.05) is 12.6 Å². The van der Waals surface area contributed by atoms with E-state index in [0.29, 0.717) is 24.1 Å². The molecule has 2 heterocycles. The highest BCUT2D eigenvalue weighted by molar-refractivity contribution is 5.36. The summed E-state index contributed by atoms with van der Waals surface area (Å²) in [5.74, 6) is 1.83. The molecule has 26 heavy (non-hydrogen) atoms. The topological polar surface area (TPSA) is 74.1 Å². The molecule has 0 bridgehead atoms. The molecule has 0 spiro atoms. The number of aromatic nitrogens is 4. The molecule has 0 aliphatic heterocycles. The average Bonchev–Trinajstić information content (AvgIpc) is 3.41. The van der Waals surface area contributed by atoms with Crippen molar-refractivity contribution in [3.8, 4) is 5.75 Å². The Bertz CT molecular complexity index is 858. The van der Waals surface area contributed by atoms with Crippen LogP contribution >= 0.6 is 0 Å². The number of hydrogen-bond acceptors (Lipinski definition) is 6. The Labute approximate surface area is 151 Å². The van der Waals surface area contributed by atoms with Crippen molar-refractivity contribution >= 4 is 5.82 Å². The molecule has 1 fully saturated rings. The lowest BCUT2D eigenvalue weighted by molar-refractivity contribution is 0.267. The van der Waals surface area contributed by atoms with Crippen molar-refractivity contribution in [1.82, 2.24) is 20.0 Å². The highest BCUT2D eigenvalue weighted by atomic mass is 16.6. The summed E-state index contributed by atoms with van der Waals surface area (Å²) >= 11 is 0. The van der Waals surface area contributed by atoms with Crippen molar-refractivity contribution in [2.24, 2.45) is 0 Å². The minimum atomic E-state index is 0.464. The fraction of sp³-hybridized carbons (Fsp3) is 0.316. The molecule has 0 atom stereocenters. The van der Waals surface area contributed by atoms with Gasteiger partial charge in [-0.05, 0) is 30.0 Å². The van der Waals surface area contributed by atoms with E-state index in [4.69, 9.17) is 9.57 Å². The molecule has 3 aromatic rings. The largest absolute Gasteiger partial charge is 0.487 e. The number of ether oxygens (including phenoxy) is 1. The van der Waals surface area contributed by atoms with Gasteiger partial charge in [0.2, 0.25) is 0 Å². The summed E-state index contributed by atoms with van der Waals surface area (Å²) < 4.78 is 7.76. The van der Waals surface area contributed by atoms with Gasteiger partial charge >= 0.3 is 0 Å². The third kappa shape index (κ3) is 4.18. The second-order valence-corrected chi connectivity index (χ2v) is 6.40. The second kappa shape index (κ2) is 7.53. The Morgan fingerprint density at radius 1 is 1.15 bits per heavy atom. The highest BCUT2D eigenvalue weighted by Gasteiger charge is 2.25. The number of nitrogens with zero attached hydrogens (tertiary/aromatic N) is 4. The molecule has 0 radical (unpaired) electrons. The van der Waals surface area contributed by atoms with Gasteiger partial charge in [-0.3, -0.25) is 9.52 Å². The van der Waals surface area contributed by atoms with Crippen LogP contribution in [0.15, 0.2) is 48.8 Å². The van der Waals surface area contributed by atoms with Gasteiger partial charge in [0.1, 0.15) is 12.4 Å². The second-order valence-electron chi connectivity index (χ2n) is 6.40. The zero-order chi connectivity index (χ0) is 17.8. The van der Waals surface area contributed by atoms with Crippen LogP contribution in [0.25, 0.3) is 0 Å². The minimum absolute atomic E-state index is 0.464. The summed E-state index contributed by atoms with van der Waals surface area (Å²) in [6, 6.07) is 12.2. The van der Waals surface area contributed by atoms with E-state index >= 15 is 0 Å². The van der Waals surface area contributed by atoms with Crippen LogP contribution in [0.2, 0.25) is 0 Å². The molecule has 1 N–H and O–H groups in total. The van der Waals surface area contributed by atoms with E-state index in [1.54, 1.807) is 12.3 Å². The first-order valence-electron chi connectivity index (χ1n) is 8.66. The highest BCUT2D eigenvalue weighted by Crippen LogP contribution is 2.38. The molecule has 1 aromatic carbocycles. The first-order valence-corrected chi connectivity index (χ1v) is 8.66. The smallest absolute Gasteiger partial charge is 0.176 e. The third-order valence-electron chi connectivity index (χ3n) is 4.27. The van der Waals surface area contributed by atoms with Crippen LogP contribution in [0, 0.1) is 0 Å². The Kier molecular flexibility index (Phi) is 4.79. The number of rotatable bonds is 8. The third-order valence-corrected chi connectivity index (χ3v) is 4.27. The maximum absolute atomic E-state index is 5.76. The van der Waals surface area contributed by atoms with Gasteiger partial charge in [0, 0.05) is 18.2 Å². The maximum Gasteiger partial charge on any atom is 0.176 e. The average molecular weight is 351 g/mol. The SMILES string of the molecule is CONc1cc(OCc2ccc(Cn3ccc(C4CC4)n3)cc2)cnn1. The fourth-order valence-electron chi connectivity index (χ4n) is 2.74. The Morgan fingerprint density at radius 3 is 2.73 bits per heavy atom. The maximum atomic E-state index is 5.76. The number of hydrogen-bond donors (Lipinski definition) is 1. The van der Waals surface area contributed by atoms with Crippen LogP contribution in [0.1, 0.15) is 35.6 Å². The van der Waals surface area contributed by atoms with Crippen molar-refractivity contribution in [1.29, 1.82) is 0 Å². The van der Waals surface area contributed by atoms with Crippen LogP contribution in [-0.4, -0.2) is 27.1 Å². The van der Waals surface area contributed by atoms with Crippen molar-refractivity contribution in [3.05, 3.63) is 65.6 Å². The number of anilines is 1. The van der Waals surface area contributed by atoms with Gasteiger partial charge in [0.15, 0.2) is 5.82 Å². The standard InChI is InChI=1S/C19H21N5O2/c1-25-23-19-10-17(11-20-21-19)26-13-15-4-2-14(3-5-15)12-24-9-8-18(22-24)16-6-7-16/h2-5,8-11,16H,6-7,12-13H2,1H3,(H,21,23). The molecule has 1 saturated carbocycles. The summed E-state index contributed by atoms with van der Waals surface area (Å²) in [6.07, 6.45) is 6.20. The zero-order valence-electron chi connectivity index (χ0n) is 14.6. The van der Waals surface area contributed by atoms with Gasteiger partial charge in [-0.2, -0.15) is 10.2 Å².